The zero-order valence-electron chi connectivity index (χ0n) is 10.7. The maximum atomic E-state index is 2.37. The van der Waals surface area contributed by atoms with Gasteiger partial charge in [0, 0.05) is 0 Å². The predicted octanol–water partition coefficient (Wildman–Crippen LogP) is 5.28. The van der Waals surface area contributed by atoms with Gasteiger partial charge in [-0.15, -0.1) is 0 Å². The van der Waals surface area contributed by atoms with Crippen molar-refractivity contribution in [2.45, 2.75) is 73.6 Å². The van der Waals surface area contributed by atoms with Crippen LogP contribution in [0.15, 0.2) is 0 Å². The molecule has 0 N–H and O–H groups in total. The Bertz CT molecular complexity index is 74.1. The molecule has 0 heterocycles. The van der Waals surface area contributed by atoms with E-state index >= 15 is 0 Å². The highest BCUT2D eigenvalue weighted by molar-refractivity contribution is 4.56. The maximum absolute atomic E-state index is 2.37. The van der Waals surface area contributed by atoms with Gasteiger partial charge in [-0.05, 0) is 11.8 Å². The fourth-order valence-corrected chi connectivity index (χ4v) is 1.23. The molecular formula is C13H30. The van der Waals surface area contributed by atoms with Crippen LogP contribution in [-0.4, -0.2) is 0 Å². The van der Waals surface area contributed by atoms with Gasteiger partial charge in [-0.2, -0.15) is 0 Å². The summed E-state index contributed by atoms with van der Waals surface area (Å²) in [6.45, 7) is 13.3. The molecule has 82 valence electrons. The van der Waals surface area contributed by atoms with E-state index in [0.29, 0.717) is 0 Å². The highest BCUT2D eigenvalue weighted by Crippen LogP contribution is 2.17. The van der Waals surface area contributed by atoms with Gasteiger partial charge in [0.25, 0.3) is 0 Å². The Morgan fingerprint density at radius 1 is 0.846 bits per heavy atom. The molecule has 0 bridgehead atoms. The largest absolute Gasteiger partial charge is 0.0683 e. The summed E-state index contributed by atoms with van der Waals surface area (Å²) in [5, 5.41) is 0. The summed E-state index contributed by atoms with van der Waals surface area (Å²) in [7, 11) is 0. The number of rotatable bonds is 6. The Morgan fingerprint density at radius 2 is 1.38 bits per heavy atom. The van der Waals surface area contributed by atoms with Crippen LogP contribution in [0.25, 0.3) is 0 Å². The molecule has 0 aliphatic carbocycles. The van der Waals surface area contributed by atoms with Gasteiger partial charge in [0.15, 0.2) is 0 Å². The fraction of sp³-hybridized carbons (Fsp3) is 1.00. The zero-order valence-corrected chi connectivity index (χ0v) is 10.7. The van der Waals surface area contributed by atoms with Crippen LogP contribution in [-0.2, 0) is 0 Å². The van der Waals surface area contributed by atoms with Gasteiger partial charge in [-0.1, -0.05) is 73.6 Å². The van der Waals surface area contributed by atoms with Crippen molar-refractivity contribution < 1.29 is 0 Å². The molecule has 0 saturated carbocycles. The van der Waals surface area contributed by atoms with Crippen LogP contribution in [0.2, 0.25) is 0 Å². The molecule has 0 heteroatoms. The van der Waals surface area contributed by atoms with Crippen molar-refractivity contribution in [2.75, 3.05) is 0 Å². The summed E-state index contributed by atoms with van der Waals surface area (Å²) in [6, 6.07) is 0. The topological polar surface area (TPSA) is 0 Å². The van der Waals surface area contributed by atoms with E-state index in [2.05, 4.69) is 27.7 Å². The van der Waals surface area contributed by atoms with Gasteiger partial charge >= 0.3 is 0 Å². The summed E-state index contributed by atoms with van der Waals surface area (Å²) < 4.78 is 0. The van der Waals surface area contributed by atoms with Crippen molar-refractivity contribution in [2.24, 2.45) is 11.8 Å². The van der Waals surface area contributed by atoms with Gasteiger partial charge in [-0.25, -0.2) is 0 Å². The van der Waals surface area contributed by atoms with Crippen LogP contribution < -0.4 is 0 Å². The SMILES string of the molecule is CC.CCCCCC[C@H](C)C(C)C. The first-order valence-corrected chi connectivity index (χ1v) is 6.18. The van der Waals surface area contributed by atoms with Crippen LogP contribution in [0.3, 0.4) is 0 Å². The second-order valence-corrected chi connectivity index (χ2v) is 4.07. The molecule has 0 radical (unpaired) electrons. The van der Waals surface area contributed by atoms with Crippen molar-refractivity contribution in [1.82, 2.24) is 0 Å². The summed E-state index contributed by atoms with van der Waals surface area (Å²) in [5.74, 6) is 1.79. The number of hydrogen-bond donors (Lipinski definition) is 0. The standard InChI is InChI=1S/C11H24.C2H6/c1-5-6-7-8-9-11(4)10(2)3;1-2/h10-11H,5-9H2,1-4H3;1-2H3/t11-;/m0./s1. The minimum Gasteiger partial charge on any atom is -0.0683 e. The first-order chi connectivity index (χ1) is 6.18. The lowest BCUT2D eigenvalue weighted by molar-refractivity contribution is 0.376. The molecule has 0 aromatic carbocycles. The Balaban J connectivity index is 0. The molecule has 0 aromatic rings. The zero-order chi connectivity index (χ0) is 10.7. The molecule has 0 spiro atoms. The number of unbranched alkanes of at least 4 members (excludes halogenated alkanes) is 3. The van der Waals surface area contributed by atoms with E-state index in [4.69, 9.17) is 0 Å². The second kappa shape index (κ2) is 12.0. The summed E-state index contributed by atoms with van der Waals surface area (Å²) >= 11 is 0. The second-order valence-electron chi connectivity index (χ2n) is 4.07. The Labute approximate surface area is 86.1 Å². The third-order valence-electron chi connectivity index (χ3n) is 2.65. The third kappa shape index (κ3) is 12.0. The van der Waals surface area contributed by atoms with Crippen molar-refractivity contribution in [1.29, 1.82) is 0 Å². The average molecular weight is 186 g/mol. The van der Waals surface area contributed by atoms with Crippen molar-refractivity contribution in [3.8, 4) is 0 Å². The van der Waals surface area contributed by atoms with Crippen LogP contribution in [0.4, 0.5) is 0 Å². The molecule has 0 fully saturated rings. The Kier molecular flexibility index (Phi) is 14.3. The Morgan fingerprint density at radius 3 is 1.77 bits per heavy atom. The van der Waals surface area contributed by atoms with E-state index in [9.17, 15) is 0 Å². The minimum absolute atomic E-state index is 0.872. The fourth-order valence-electron chi connectivity index (χ4n) is 1.23. The lowest BCUT2D eigenvalue weighted by Gasteiger charge is -2.14. The molecule has 0 unspecified atom stereocenters. The summed E-state index contributed by atoms with van der Waals surface area (Å²) in [5.41, 5.74) is 0. The molecule has 0 rings (SSSR count). The Hall–Kier alpha value is 0. The summed E-state index contributed by atoms with van der Waals surface area (Å²) in [6.07, 6.45) is 7.08. The van der Waals surface area contributed by atoms with E-state index in [1.54, 1.807) is 0 Å². The van der Waals surface area contributed by atoms with E-state index in [1.807, 2.05) is 13.8 Å². The van der Waals surface area contributed by atoms with Crippen LogP contribution in [0, 0.1) is 11.8 Å². The van der Waals surface area contributed by atoms with Crippen molar-refractivity contribution in [3.05, 3.63) is 0 Å². The monoisotopic (exact) mass is 186 g/mol. The molecule has 13 heavy (non-hydrogen) atoms. The molecule has 0 aromatic heterocycles. The smallest absolute Gasteiger partial charge is 0.0420 e. The van der Waals surface area contributed by atoms with Gasteiger partial charge in [0.05, 0.1) is 0 Å². The van der Waals surface area contributed by atoms with Crippen molar-refractivity contribution >= 4 is 0 Å². The minimum atomic E-state index is 0.872. The highest BCUT2D eigenvalue weighted by Gasteiger charge is 2.05. The van der Waals surface area contributed by atoms with E-state index in [0.717, 1.165) is 11.8 Å². The first kappa shape index (κ1) is 15.5. The highest BCUT2D eigenvalue weighted by atomic mass is 14.1. The summed E-state index contributed by atoms with van der Waals surface area (Å²) in [4.78, 5) is 0. The van der Waals surface area contributed by atoms with Crippen LogP contribution >= 0.6 is 0 Å². The quantitative estimate of drug-likeness (QED) is 0.495. The lowest BCUT2D eigenvalue weighted by Crippen LogP contribution is -2.03. The van der Waals surface area contributed by atoms with E-state index < -0.39 is 0 Å². The first-order valence-electron chi connectivity index (χ1n) is 6.18. The van der Waals surface area contributed by atoms with Gasteiger partial charge < -0.3 is 0 Å². The van der Waals surface area contributed by atoms with Gasteiger partial charge in [-0.3, -0.25) is 0 Å². The molecule has 0 nitrogen and oxygen atoms in total. The average Bonchev–Trinajstić information content (AvgIpc) is 2.15. The lowest BCUT2D eigenvalue weighted by atomic mass is 9.92. The van der Waals surface area contributed by atoms with E-state index in [-0.39, 0.29) is 0 Å². The van der Waals surface area contributed by atoms with Crippen LogP contribution in [0.1, 0.15) is 73.6 Å². The predicted molar refractivity (Wildman–Crippen MR) is 64.1 cm³/mol. The molecular weight excluding hydrogens is 156 g/mol. The van der Waals surface area contributed by atoms with Gasteiger partial charge in [0.2, 0.25) is 0 Å². The number of hydrogen-bond acceptors (Lipinski definition) is 0. The molecule has 0 aliphatic heterocycles. The molecule has 0 saturated heterocycles. The van der Waals surface area contributed by atoms with Gasteiger partial charge in [0.1, 0.15) is 0 Å². The van der Waals surface area contributed by atoms with Crippen LogP contribution in [0.5, 0.6) is 0 Å². The van der Waals surface area contributed by atoms with E-state index in [1.165, 1.54) is 32.1 Å². The normalized spacial score (nSPS) is 12.2. The maximum Gasteiger partial charge on any atom is -0.0420 e. The molecule has 0 amide bonds. The third-order valence-corrected chi connectivity index (χ3v) is 2.65. The van der Waals surface area contributed by atoms with Crippen molar-refractivity contribution in [3.63, 3.8) is 0 Å². The molecule has 1 atom stereocenters. The molecule has 0 aliphatic rings.